The van der Waals surface area contributed by atoms with Gasteiger partial charge >= 0.3 is 0 Å². The van der Waals surface area contributed by atoms with Crippen molar-refractivity contribution in [1.82, 2.24) is 20.3 Å². The predicted octanol–water partition coefficient (Wildman–Crippen LogP) is 1.29. The molecule has 1 atom stereocenters. The van der Waals surface area contributed by atoms with Crippen LogP contribution in [0.4, 0.5) is 0 Å². The second-order valence-electron chi connectivity index (χ2n) is 4.77. The molecule has 0 aliphatic carbocycles. The Bertz CT molecular complexity index is 604. The minimum Gasteiger partial charge on any atom is -0.348 e. The van der Waals surface area contributed by atoms with Gasteiger partial charge in [0.1, 0.15) is 6.54 Å². The van der Waals surface area contributed by atoms with Crippen LogP contribution in [0.5, 0.6) is 0 Å². The van der Waals surface area contributed by atoms with Crippen LogP contribution in [0.1, 0.15) is 34.0 Å². The van der Waals surface area contributed by atoms with Gasteiger partial charge in [-0.1, -0.05) is 5.21 Å². The fourth-order valence-corrected chi connectivity index (χ4v) is 3.12. The molecule has 0 saturated heterocycles. The Morgan fingerprint density at radius 2 is 2.30 bits per heavy atom. The highest BCUT2D eigenvalue weighted by atomic mass is 32.1. The van der Waals surface area contributed by atoms with E-state index in [1.54, 1.807) is 17.5 Å². The first-order valence-corrected chi connectivity index (χ1v) is 7.26. The van der Waals surface area contributed by atoms with Crippen molar-refractivity contribution in [2.45, 2.75) is 39.9 Å². The Labute approximate surface area is 122 Å². The standard InChI is InChI=1S/C13H19N5OS/c1-8-4-12(10(3)20-8)9(2)15-13(19)7-18-6-11(5-14)16-17-18/h4,6,9H,5,7,14H2,1-3H3,(H,15,19). The number of nitrogens with one attached hydrogen (secondary N) is 1. The summed E-state index contributed by atoms with van der Waals surface area (Å²) in [5, 5.41) is 10.7. The number of thiophene rings is 1. The molecule has 0 aliphatic rings. The van der Waals surface area contributed by atoms with Crippen molar-refractivity contribution in [2.24, 2.45) is 5.73 Å². The minimum absolute atomic E-state index is 0.00931. The average molecular weight is 293 g/mol. The molecule has 2 heterocycles. The number of rotatable bonds is 5. The fraction of sp³-hybridized carbons (Fsp3) is 0.462. The molecule has 0 radical (unpaired) electrons. The lowest BCUT2D eigenvalue weighted by Crippen LogP contribution is -2.30. The van der Waals surface area contributed by atoms with Gasteiger partial charge in [-0.2, -0.15) is 0 Å². The average Bonchev–Trinajstić information content (AvgIpc) is 2.95. The van der Waals surface area contributed by atoms with Gasteiger partial charge in [-0.15, -0.1) is 16.4 Å². The minimum atomic E-state index is -0.0887. The third kappa shape index (κ3) is 3.43. The van der Waals surface area contributed by atoms with Crippen molar-refractivity contribution in [3.8, 4) is 0 Å². The van der Waals surface area contributed by atoms with Crippen LogP contribution in [0.2, 0.25) is 0 Å². The zero-order valence-corrected chi connectivity index (χ0v) is 12.7. The zero-order chi connectivity index (χ0) is 14.7. The molecule has 0 spiro atoms. The molecular formula is C13H19N5OS. The molecule has 0 aromatic carbocycles. The molecule has 6 nitrogen and oxygen atoms in total. The van der Waals surface area contributed by atoms with E-state index in [-0.39, 0.29) is 18.5 Å². The van der Waals surface area contributed by atoms with E-state index in [2.05, 4.69) is 35.5 Å². The Balaban J connectivity index is 1.95. The molecule has 0 saturated carbocycles. The molecule has 0 fully saturated rings. The smallest absolute Gasteiger partial charge is 0.242 e. The van der Waals surface area contributed by atoms with E-state index in [9.17, 15) is 4.79 Å². The molecule has 7 heteroatoms. The third-order valence-electron chi connectivity index (χ3n) is 3.02. The molecule has 2 aromatic heterocycles. The summed E-state index contributed by atoms with van der Waals surface area (Å²) in [6.45, 7) is 6.60. The topological polar surface area (TPSA) is 85.8 Å². The maximum Gasteiger partial charge on any atom is 0.242 e. The van der Waals surface area contributed by atoms with E-state index < -0.39 is 0 Å². The van der Waals surface area contributed by atoms with Crippen LogP contribution in [0.15, 0.2) is 12.3 Å². The van der Waals surface area contributed by atoms with Crippen molar-refractivity contribution in [1.29, 1.82) is 0 Å². The summed E-state index contributed by atoms with van der Waals surface area (Å²) < 4.78 is 1.50. The van der Waals surface area contributed by atoms with Crippen LogP contribution in [-0.2, 0) is 17.9 Å². The lowest BCUT2D eigenvalue weighted by atomic mass is 10.1. The summed E-state index contributed by atoms with van der Waals surface area (Å²) >= 11 is 1.74. The number of nitrogens with zero attached hydrogens (tertiary/aromatic N) is 3. The summed E-state index contributed by atoms with van der Waals surface area (Å²) in [6.07, 6.45) is 1.68. The van der Waals surface area contributed by atoms with Crippen molar-refractivity contribution in [3.63, 3.8) is 0 Å². The van der Waals surface area contributed by atoms with E-state index in [1.165, 1.54) is 20.0 Å². The number of aromatic nitrogens is 3. The number of nitrogens with two attached hydrogens (primary N) is 1. The number of carbonyl (C=O) groups excluding carboxylic acids is 1. The molecule has 3 N–H and O–H groups in total. The molecule has 108 valence electrons. The van der Waals surface area contributed by atoms with Crippen LogP contribution in [0, 0.1) is 13.8 Å². The molecule has 1 unspecified atom stereocenters. The van der Waals surface area contributed by atoms with Gasteiger partial charge in [0.05, 0.1) is 17.9 Å². The predicted molar refractivity (Wildman–Crippen MR) is 78.3 cm³/mol. The Hall–Kier alpha value is -1.73. The summed E-state index contributed by atoms with van der Waals surface area (Å²) in [7, 11) is 0. The number of carbonyl (C=O) groups is 1. The second-order valence-corrected chi connectivity index (χ2v) is 6.23. The second kappa shape index (κ2) is 6.15. The van der Waals surface area contributed by atoms with Crippen molar-refractivity contribution < 1.29 is 4.79 Å². The molecule has 0 bridgehead atoms. The molecule has 2 rings (SSSR count). The van der Waals surface area contributed by atoms with E-state index in [4.69, 9.17) is 5.73 Å². The van der Waals surface area contributed by atoms with Gasteiger partial charge < -0.3 is 11.1 Å². The summed E-state index contributed by atoms with van der Waals surface area (Å²) in [5.41, 5.74) is 7.30. The van der Waals surface area contributed by atoms with Crippen molar-refractivity contribution in [3.05, 3.63) is 33.3 Å². The SMILES string of the molecule is Cc1cc(C(C)NC(=O)Cn2cc(CN)nn2)c(C)s1. The Morgan fingerprint density at radius 1 is 1.55 bits per heavy atom. The lowest BCUT2D eigenvalue weighted by molar-refractivity contribution is -0.122. The number of hydrogen-bond acceptors (Lipinski definition) is 5. The van der Waals surface area contributed by atoms with Gasteiger partial charge in [-0.3, -0.25) is 4.79 Å². The van der Waals surface area contributed by atoms with Crippen LogP contribution in [-0.4, -0.2) is 20.9 Å². The highest BCUT2D eigenvalue weighted by Gasteiger charge is 2.14. The Morgan fingerprint density at radius 3 is 2.85 bits per heavy atom. The summed E-state index contributed by atoms with van der Waals surface area (Å²) in [5.74, 6) is -0.0887. The van der Waals surface area contributed by atoms with Crippen LogP contribution >= 0.6 is 11.3 Å². The van der Waals surface area contributed by atoms with Gasteiger partial charge in [-0.25, -0.2) is 4.68 Å². The molecule has 0 aliphatic heterocycles. The molecule has 20 heavy (non-hydrogen) atoms. The van der Waals surface area contributed by atoms with Gasteiger partial charge in [-0.05, 0) is 32.4 Å². The first-order valence-electron chi connectivity index (χ1n) is 6.45. The monoisotopic (exact) mass is 293 g/mol. The molecule has 2 aromatic rings. The summed E-state index contributed by atoms with van der Waals surface area (Å²) in [4.78, 5) is 14.5. The third-order valence-corrected chi connectivity index (χ3v) is 4.01. The van der Waals surface area contributed by atoms with Gasteiger partial charge in [0.15, 0.2) is 0 Å². The molecule has 1 amide bonds. The number of amides is 1. The van der Waals surface area contributed by atoms with E-state index in [0.717, 1.165) is 0 Å². The summed E-state index contributed by atoms with van der Waals surface area (Å²) in [6, 6.07) is 2.11. The largest absolute Gasteiger partial charge is 0.348 e. The van der Waals surface area contributed by atoms with E-state index in [0.29, 0.717) is 12.2 Å². The van der Waals surface area contributed by atoms with Crippen molar-refractivity contribution in [2.75, 3.05) is 0 Å². The first kappa shape index (κ1) is 14.7. The molecular weight excluding hydrogens is 274 g/mol. The van der Waals surface area contributed by atoms with E-state index >= 15 is 0 Å². The Kier molecular flexibility index (Phi) is 4.51. The maximum atomic E-state index is 12.0. The van der Waals surface area contributed by atoms with Crippen LogP contribution in [0.3, 0.4) is 0 Å². The van der Waals surface area contributed by atoms with Gasteiger partial charge in [0.2, 0.25) is 5.91 Å². The van der Waals surface area contributed by atoms with Crippen LogP contribution in [0.25, 0.3) is 0 Å². The van der Waals surface area contributed by atoms with Gasteiger partial charge in [0, 0.05) is 16.3 Å². The van der Waals surface area contributed by atoms with Crippen LogP contribution < -0.4 is 11.1 Å². The number of hydrogen-bond donors (Lipinski definition) is 2. The normalized spacial score (nSPS) is 12.4. The lowest BCUT2D eigenvalue weighted by Gasteiger charge is -2.13. The van der Waals surface area contributed by atoms with Gasteiger partial charge in [0.25, 0.3) is 0 Å². The fourth-order valence-electron chi connectivity index (χ4n) is 2.10. The maximum absolute atomic E-state index is 12.0. The highest BCUT2D eigenvalue weighted by Crippen LogP contribution is 2.25. The van der Waals surface area contributed by atoms with Crippen molar-refractivity contribution >= 4 is 17.2 Å². The number of aryl methyl sites for hydroxylation is 2. The first-order chi connectivity index (χ1) is 9.49. The zero-order valence-electron chi connectivity index (χ0n) is 11.9. The quantitative estimate of drug-likeness (QED) is 0.870. The highest BCUT2D eigenvalue weighted by molar-refractivity contribution is 7.12. The van der Waals surface area contributed by atoms with E-state index in [1.807, 2.05) is 6.92 Å².